The summed E-state index contributed by atoms with van der Waals surface area (Å²) in [5.41, 5.74) is 1.36. The van der Waals surface area contributed by atoms with Crippen molar-refractivity contribution in [1.82, 2.24) is 20.4 Å². The van der Waals surface area contributed by atoms with Gasteiger partial charge in [-0.15, -0.1) is 0 Å². The predicted molar refractivity (Wildman–Crippen MR) is 116 cm³/mol. The average molecular weight is 361 g/mol. The Bertz CT molecular complexity index is 502. The summed E-state index contributed by atoms with van der Waals surface area (Å²) < 4.78 is 0. The van der Waals surface area contributed by atoms with Crippen molar-refractivity contribution < 1.29 is 0 Å². The molecule has 0 aromatic heterocycles. The molecule has 0 aliphatic carbocycles. The molecular weight excluding hydrogens is 320 g/mol. The number of hydrogen-bond donors (Lipinski definition) is 2. The molecule has 0 aromatic carbocycles. The zero-order valence-electron chi connectivity index (χ0n) is 17.8. The van der Waals surface area contributed by atoms with E-state index in [9.17, 15) is 0 Å². The van der Waals surface area contributed by atoms with Crippen LogP contribution in [-0.2, 0) is 0 Å². The molecule has 0 rings (SSSR count). The van der Waals surface area contributed by atoms with E-state index in [4.69, 9.17) is 0 Å². The average Bonchev–Trinajstić information content (AvgIpc) is 2.63. The number of likely N-dealkylation sites (N-methyl/N-ethyl adjacent to an activating group) is 1. The van der Waals surface area contributed by atoms with Crippen LogP contribution in [0.15, 0.2) is 61.8 Å². The fourth-order valence-corrected chi connectivity index (χ4v) is 2.73. The molecule has 0 heterocycles. The Balaban J connectivity index is 5.11. The van der Waals surface area contributed by atoms with Gasteiger partial charge in [-0.3, -0.25) is 0 Å². The van der Waals surface area contributed by atoms with Gasteiger partial charge >= 0.3 is 0 Å². The lowest BCUT2D eigenvalue weighted by Crippen LogP contribution is -2.43. The van der Waals surface area contributed by atoms with Gasteiger partial charge in [0.15, 0.2) is 0 Å². The molecule has 4 heteroatoms. The minimum Gasteiger partial charge on any atom is -0.375 e. The molecule has 26 heavy (non-hydrogen) atoms. The van der Waals surface area contributed by atoms with Crippen molar-refractivity contribution >= 4 is 0 Å². The van der Waals surface area contributed by atoms with E-state index in [1.165, 1.54) is 5.70 Å². The highest BCUT2D eigenvalue weighted by atomic mass is 15.3. The lowest BCUT2D eigenvalue weighted by molar-refractivity contribution is 0.132. The topological polar surface area (TPSA) is 30.5 Å². The minimum atomic E-state index is 0.129. The van der Waals surface area contributed by atoms with Gasteiger partial charge in [0.25, 0.3) is 0 Å². The molecule has 0 bridgehead atoms. The molecule has 1 unspecified atom stereocenters. The third kappa shape index (κ3) is 7.85. The second-order valence-electron chi connectivity index (χ2n) is 7.18. The summed E-state index contributed by atoms with van der Waals surface area (Å²) in [6, 6.07) is 0.381. The monoisotopic (exact) mass is 360 g/mol. The maximum absolute atomic E-state index is 4.10. The second-order valence-corrected chi connectivity index (χ2v) is 7.18. The van der Waals surface area contributed by atoms with Gasteiger partial charge in [-0.25, -0.2) is 0 Å². The molecule has 0 radical (unpaired) electrons. The molecule has 0 aliphatic heterocycles. The standard InChI is InChI=1S/C22H40N4/c1-10-13-15-21(14-11-2)25(9)19(4)22(6,7)16-17-26(18-24-12-3)20(5)23-8/h10,12-15,19,23-24H,1,3,5,11,16-18H2,2,4,6-9H3/b15-13-,21-14-. The van der Waals surface area contributed by atoms with Crippen LogP contribution in [0.2, 0.25) is 0 Å². The zero-order chi connectivity index (χ0) is 20.2. The Morgan fingerprint density at radius 3 is 2.42 bits per heavy atom. The molecule has 2 N–H and O–H groups in total. The molecule has 0 saturated carbocycles. The summed E-state index contributed by atoms with van der Waals surface area (Å²) in [4.78, 5) is 4.57. The molecule has 0 fully saturated rings. The molecule has 148 valence electrons. The quantitative estimate of drug-likeness (QED) is 0.354. The SMILES string of the molecule is C=C/C=C\C(=C\CC)N(C)C(C)C(C)(C)CCN(CNC=C)C(=C)NC. The third-order valence-corrected chi connectivity index (χ3v) is 5.06. The van der Waals surface area contributed by atoms with Crippen molar-refractivity contribution in [2.75, 3.05) is 27.3 Å². The smallest absolute Gasteiger partial charge is 0.0950 e. The van der Waals surface area contributed by atoms with E-state index in [0.29, 0.717) is 12.7 Å². The number of hydrogen-bond acceptors (Lipinski definition) is 4. The Morgan fingerprint density at radius 1 is 1.27 bits per heavy atom. The van der Waals surface area contributed by atoms with Crippen molar-refractivity contribution in [3.63, 3.8) is 0 Å². The summed E-state index contributed by atoms with van der Waals surface area (Å²) in [6.07, 6.45) is 12.0. The fourth-order valence-electron chi connectivity index (χ4n) is 2.73. The zero-order valence-corrected chi connectivity index (χ0v) is 17.8. The van der Waals surface area contributed by atoms with Gasteiger partial charge < -0.3 is 20.4 Å². The lowest BCUT2D eigenvalue weighted by Gasteiger charge is -2.41. The first kappa shape index (κ1) is 23.9. The van der Waals surface area contributed by atoms with Crippen LogP contribution in [0.4, 0.5) is 0 Å². The first-order valence-electron chi connectivity index (χ1n) is 9.43. The van der Waals surface area contributed by atoms with E-state index in [-0.39, 0.29) is 5.41 Å². The number of nitrogens with zero attached hydrogens (tertiary/aromatic N) is 2. The van der Waals surface area contributed by atoms with Crippen LogP contribution in [0.1, 0.15) is 40.5 Å². The maximum atomic E-state index is 4.10. The van der Waals surface area contributed by atoms with Crippen LogP contribution in [-0.4, -0.2) is 43.2 Å². The van der Waals surface area contributed by atoms with Crippen LogP contribution in [0.3, 0.4) is 0 Å². The van der Waals surface area contributed by atoms with Crippen LogP contribution in [0.25, 0.3) is 0 Å². The van der Waals surface area contributed by atoms with E-state index in [1.807, 2.05) is 19.2 Å². The predicted octanol–water partition coefficient (Wildman–Crippen LogP) is 4.44. The Labute approximate surface area is 162 Å². The maximum Gasteiger partial charge on any atom is 0.0950 e. The largest absolute Gasteiger partial charge is 0.375 e. The van der Waals surface area contributed by atoms with Crippen LogP contribution in [0.5, 0.6) is 0 Å². The second kappa shape index (κ2) is 12.3. The normalized spacial score (nSPS) is 13.2. The molecule has 0 amide bonds. The molecule has 0 spiro atoms. The van der Waals surface area contributed by atoms with E-state index >= 15 is 0 Å². The van der Waals surface area contributed by atoms with Crippen LogP contribution >= 0.6 is 0 Å². The first-order chi connectivity index (χ1) is 12.2. The summed E-state index contributed by atoms with van der Waals surface area (Å²) >= 11 is 0. The number of rotatable bonds is 14. The molecule has 0 saturated heterocycles. The molecule has 0 aromatic rings. The van der Waals surface area contributed by atoms with Gasteiger partial charge in [0.2, 0.25) is 0 Å². The molecular formula is C22H40N4. The van der Waals surface area contributed by atoms with Crippen molar-refractivity contribution in [2.24, 2.45) is 5.41 Å². The molecule has 1 atom stereocenters. The van der Waals surface area contributed by atoms with E-state index < -0.39 is 0 Å². The molecule has 4 nitrogen and oxygen atoms in total. The number of nitrogens with one attached hydrogen (secondary N) is 2. The number of allylic oxidation sites excluding steroid dienone is 4. The Morgan fingerprint density at radius 2 is 1.92 bits per heavy atom. The summed E-state index contributed by atoms with van der Waals surface area (Å²) in [6.45, 7) is 22.3. The van der Waals surface area contributed by atoms with Crippen LogP contribution < -0.4 is 10.6 Å². The van der Waals surface area contributed by atoms with E-state index in [1.54, 1.807) is 6.20 Å². The summed E-state index contributed by atoms with van der Waals surface area (Å²) in [5.74, 6) is 0.914. The highest BCUT2D eigenvalue weighted by molar-refractivity contribution is 5.21. The highest BCUT2D eigenvalue weighted by Gasteiger charge is 2.30. The van der Waals surface area contributed by atoms with Crippen molar-refractivity contribution in [3.8, 4) is 0 Å². The van der Waals surface area contributed by atoms with Crippen molar-refractivity contribution in [3.05, 3.63) is 61.8 Å². The van der Waals surface area contributed by atoms with E-state index in [2.05, 4.69) is 87.1 Å². The van der Waals surface area contributed by atoms with Crippen molar-refractivity contribution in [2.45, 2.75) is 46.6 Å². The minimum absolute atomic E-state index is 0.129. The Kier molecular flexibility index (Phi) is 11.3. The van der Waals surface area contributed by atoms with Gasteiger partial charge in [0.05, 0.1) is 12.5 Å². The molecule has 0 aliphatic rings. The lowest BCUT2D eigenvalue weighted by atomic mass is 9.81. The van der Waals surface area contributed by atoms with Crippen molar-refractivity contribution in [1.29, 1.82) is 0 Å². The van der Waals surface area contributed by atoms with Gasteiger partial charge in [-0.1, -0.05) is 58.7 Å². The first-order valence-corrected chi connectivity index (χ1v) is 9.43. The van der Waals surface area contributed by atoms with Gasteiger partial charge in [-0.2, -0.15) is 0 Å². The fraction of sp³-hybridized carbons (Fsp3) is 0.545. The van der Waals surface area contributed by atoms with Gasteiger partial charge in [-0.05, 0) is 37.5 Å². The summed E-state index contributed by atoms with van der Waals surface area (Å²) in [5, 5.41) is 6.30. The third-order valence-electron chi connectivity index (χ3n) is 5.06. The summed E-state index contributed by atoms with van der Waals surface area (Å²) in [7, 11) is 4.07. The van der Waals surface area contributed by atoms with E-state index in [0.717, 1.165) is 25.2 Å². The van der Waals surface area contributed by atoms with Gasteiger partial charge in [0.1, 0.15) is 0 Å². The highest BCUT2D eigenvalue weighted by Crippen LogP contribution is 2.31. The Hall–Kier alpha value is -2.10. The van der Waals surface area contributed by atoms with Crippen LogP contribution in [0, 0.1) is 5.41 Å². The van der Waals surface area contributed by atoms with Gasteiger partial charge in [0, 0.05) is 32.4 Å².